The highest BCUT2D eigenvalue weighted by molar-refractivity contribution is 5.95. The second kappa shape index (κ2) is 5.22. The molecular formula is C17H17FN4O. The fraction of sp³-hybridized carbons (Fsp3) is 0.294. The summed E-state index contributed by atoms with van der Waals surface area (Å²) in [6.07, 6.45) is 7.02. The second-order valence-electron chi connectivity index (χ2n) is 6.06. The van der Waals surface area contributed by atoms with Gasteiger partial charge >= 0.3 is 0 Å². The molecule has 0 spiro atoms. The molecule has 1 aliphatic rings. The molecule has 1 N–H and O–H groups in total. The van der Waals surface area contributed by atoms with E-state index in [1.807, 2.05) is 24.1 Å². The van der Waals surface area contributed by atoms with Crippen molar-refractivity contribution < 1.29 is 9.18 Å². The minimum Gasteiger partial charge on any atom is -0.360 e. The van der Waals surface area contributed by atoms with Crippen LogP contribution in [-0.2, 0) is 4.79 Å². The Morgan fingerprint density at radius 1 is 1.39 bits per heavy atom. The van der Waals surface area contributed by atoms with Crippen LogP contribution in [0.25, 0.3) is 22.0 Å². The van der Waals surface area contributed by atoms with E-state index in [4.69, 9.17) is 0 Å². The van der Waals surface area contributed by atoms with E-state index in [2.05, 4.69) is 10.1 Å². The number of piperidine rings is 1. The maximum absolute atomic E-state index is 13.3. The first-order valence-corrected chi connectivity index (χ1v) is 7.67. The van der Waals surface area contributed by atoms with Gasteiger partial charge in [0.2, 0.25) is 5.91 Å². The number of likely N-dealkylation sites (tertiary alicyclic amines) is 1. The van der Waals surface area contributed by atoms with Crippen LogP contribution in [0.15, 0.2) is 36.8 Å². The third kappa shape index (κ3) is 2.40. The predicted octanol–water partition coefficient (Wildman–Crippen LogP) is 2.96. The Kier molecular flexibility index (Phi) is 3.18. The van der Waals surface area contributed by atoms with Crippen LogP contribution in [-0.4, -0.2) is 39.2 Å². The van der Waals surface area contributed by atoms with Gasteiger partial charge in [0.1, 0.15) is 5.82 Å². The lowest BCUT2D eigenvalue weighted by atomic mass is 10.0. The largest absolute Gasteiger partial charge is 0.360 e. The summed E-state index contributed by atoms with van der Waals surface area (Å²) in [5.41, 5.74) is 2.72. The summed E-state index contributed by atoms with van der Waals surface area (Å²) in [4.78, 5) is 16.7. The lowest BCUT2D eigenvalue weighted by Crippen LogP contribution is -2.36. The van der Waals surface area contributed by atoms with Gasteiger partial charge in [0.15, 0.2) is 0 Å². The first-order chi connectivity index (χ1) is 11.1. The van der Waals surface area contributed by atoms with Crippen molar-refractivity contribution in [2.24, 2.45) is 0 Å². The number of hydrogen-bond donors (Lipinski definition) is 1. The summed E-state index contributed by atoms with van der Waals surface area (Å²) in [6, 6.07) is 4.82. The normalized spacial score (nSPS) is 18.8. The summed E-state index contributed by atoms with van der Waals surface area (Å²) >= 11 is 0. The molecule has 3 aromatic rings. The standard InChI is InChI=1S/C17H17FN4O/c1-21-5-4-13(7-17(21)23)22-10-11(8-20-22)15-9-19-16-6-12(18)2-3-14(15)16/h2-3,6,8-10,13,19H,4-5,7H2,1H3. The maximum Gasteiger partial charge on any atom is 0.224 e. The number of benzene rings is 1. The monoisotopic (exact) mass is 312 g/mol. The zero-order chi connectivity index (χ0) is 16.0. The fourth-order valence-corrected chi connectivity index (χ4v) is 3.17. The number of rotatable bonds is 2. The zero-order valence-electron chi connectivity index (χ0n) is 12.8. The van der Waals surface area contributed by atoms with E-state index < -0.39 is 0 Å². The molecule has 0 aliphatic carbocycles. The molecule has 4 rings (SSSR count). The van der Waals surface area contributed by atoms with Gasteiger partial charge in [0, 0.05) is 54.4 Å². The molecule has 23 heavy (non-hydrogen) atoms. The summed E-state index contributed by atoms with van der Waals surface area (Å²) < 4.78 is 15.2. The Labute approximate surface area is 132 Å². The first-order valence-electron chi connectivity index (χ1n) is 7.67. The van der Waals surface area contributed by atoms with Gasteiger partial charge in [-0.3, -0.25) is 9.48 Å². The number of nitrogens with one attached hydrogen (secondary N) is 1. The third-order valence-electron chi connectivity index (χ3n) is 4.56. The molecular weight excluding hydrogens is 295 g/mol. The van der Waals surface area contributed by atoms with Crippen molar-refractivity contribution >= 4 is 16.8 Å². The van der Waals surface area contributed by atoms with Crippen LogP contribution in [0.4, 0.5) is 4.39 Å². The van der Waals surface area contributed by atoms with Crippen LogP contribution in [0.1, 0.15) is 18.9 Å². The molecule has 1 unspecified atom stereocenters. The summed E-state index contributed by atoms with van der Waals surface area (Å²) in [6.45, 7) is 0.755. The highest BCUT2D eigenvalue weighted by Gasteiger charge is 2.25. The smallest absolute Gasteiger partial charge is 0.224 e. The van der Waals surface area contributed by atoms with Gasteiger partial charge in [-0.15, -0.1) is 0 Å². The molecule has 1 amide bonds. The predicted molar refractivity (Wildman–Crippen MR) is 85.4 cm³/mol. The van der Waals surface area contributed by atoms with E-state index in [0.29, 0.717) is 6.42 Å². The Morgan fingerprint density at radius 3 is 3.09 bits per heavy atom. The Bertz CT molecular complexity index is 882. The molecule has 1 fully saturated rings. The molecule has 1 atom stereocenters. The number of nitrogens with zero attached hydrogens (tertiary/aromatic N) is 3. The van der Waals surface area contributed by atoms with E-state index in [-0.39, 0.29) is 17.8 Å². The van der Waals surface area contributed by atoms with Crippen LogP contribution in [0.5, 0.6) is 0 Å². The number of halogens is 1. The van der Waals surface area contributed by atoms with Crippen LogP contribution < -0.4 is 0 Å². The average Bonchev–Trinajstić information content (AvgIpc) is 3.16. The molecule has 1 aliphatic heterocycles. The van der Waals surface area contributed by atoms with Crippen molar-refractivity contribution in [3.8, 4) is 11.1 Å². The minimum absolute atomic E-state index is 0.107. The van der Waals surface area contributed by atoms with Crippen LogP contribution in [0.2, 0.25) is 0 Å². The Morgan fingerprint density at radius 2 is 2.26 bits per heavy atom. The third-order valence-corrected chi connectivity index (χ3v) is 4.56. The van der Waals surface area contributed by atoms with Crippen molar-refractivity contribution in [2.75, 3.05) is 13.6 Å². The van der Waals surface area contributed by atoms with E-state index in [1.165, 1.54) is 12.1 Å². The number of aromatic amines is 1. The van der Waals surface area contributed by atoms with E-state index in [9.17, 15) is 9.18 Å². The van der Waals surface area contributed by atoms with Gasteiger partial charge in [-0.25, -0.2) is 4.39 Å². The van der Waals surface area contributed by atoms with Crippen LogP contribution in [0.3, 0.4) is 0 Å². The lowest BCUT2D eigenvalue weighted by molar-refractivity contribution is -0.133. The molecule has 0 radical (unpaired) electrons. The Hall–Kier alpha value is -2.63. The van der Waals surface area contributed by atoms with Crippen molar-refractivity contribution in [3.05, 3.63) is 42.6 Å². The first kappa shape index (κ1) is 14.0. The van der Waals surface area contributed by atoms with Gasteiger partial charge in [-0.2, -0.15) is 5.10 Å². The van der Waals surface area contributed by atoms with Crippen LogP contribution >= 0.6 is 0 Å². The van der Waals surface area contributed by atoms with Gasteiger partial charge < -0.3 is 9.88 Å². The van der Waals surface area contributed by atoms with E-state index in [1.54, 1.807) is 17.2 Å². The van der Waals surface area contributed by atoms with Gasteiger partial charge in [-0.1, -0.05) is 0 Å². The summed E-state index contributed by atoms with van der Waals surface area (Å²) in [5, 5.41) is 5.40. The molecule has 6 heteroatoms. The lowest BCUT2D eigenvalue weighted by Gasteiger charge is -2.28. The summed E-state index contributed by atoms with van der Waals surface area (Å²) in [7, 11) is 1.83. The number of H-pyrrole nitrogens is 1. The van der Waals surface area contributed by atoms with E-state index >= 15 is 0 Å². The molecule has 1 saturated heterocycles. The van der Waals surface area contributed by atoms with Gasteiger partial charge in [-0.05, 0) is 24.6 Å². The number of carbonyl (C=O) groups is 1. The Balaban J connectivity index is 1.66. The topological polar surface area (TPSA) is 53.9 Å². The molecule has 3 heterocycles. The quantitative estimate of drug-likeness (QED) is 0.791. The molecule has 0 saturated carbocycles. The number of fused-ring (bicyclic) bond motifs is 1. The highest BCUT2D eigenvalue weighted by Crippen LogP contribution is 2.30. The van der Waals surface area contributed by atoms with Crippen molar-refractivity contribution in [3.63, 3.8) is 0 Å². The molecule has 118 valence electrons. The SMILES string of the molecule is CN1CCC(n2cc(-c3c[nH]c4cc(F)ccc34)cn2)CC1=O. The summed E-state index contributed by atoms with van der Waals surface area (Å²) in [5.74, 6) is -0.104. The van der Waals surface area contributed by atoms with Gasteiger partial charge in [0.25, 0.3) is 0 Å². The van der Waals surface area contributed by atoms with E-state index in [0.717, 1.165) is 35.0 Å². The molecule has 0 bridgehead atoms. The van der Waals surface area contributed by atoms with Crippen molar-refractivity contribution in [1.29, 1.82) is 0 Å². The number of carbonyl (C=O) groups excluding carboxylic acids is 1. The molecule has 5 nitrogen and oxygen atoms in total. The highest BCUT2D eigenvalue weighted by atomic mass is 19.1. The van der Waals surface area contributed by atoms with Gasteiger partial charge in [0.05, 0.1) is 12.2 Å². The zero-order valence-corrected chi connectivity index (χ0v) is 12.8. The molecule has 1 aromatic carbocycles. The maximum atomic E-state index is 13.3. The average molecular weight is 312 g/mol. The van der Waals surface area contributed by atoms with Crippen molar-refractivity contribution in [1.82, 2.24) is 19.7 Å². The number of aromatic nitrogens is 3. The number of amides is 1. The van der Waals surface area contributed by atoms with Crippen LogP contribution in [0, 0.1) is 5.82 Å². The van der Waals surface area contributed by atoms with Crippen molar-refractivity contribution in [2.45, 2.75) is 18.9 Å². The number of hydrogen-bond acceptors (Lipinski definition) is 2. The minimum atomic E-state index is -0.258. The molecule has 2 aromatic heterocycles. The fourth-order valence-electron chi connectivity index (χ4n) is 3.17. The second-order valence-corrected chi connectivity index (χ2v) is 6.06.